The standard InChI is InChI=1S/C50H71N11O5S/c1-30(2)54-47-44(52)40(25-39(51)38-10-8-9-11-42(38)63)61(57-47)36-18-22-58(23-19-36)26-33-16-20-59(21-17-33)28-43(64)56-46(50(5,6)7)49(66)60-27-37(62)24-41(60)48(65)55-31(3)34-12-14-35(15-13-34)45-32(4)53-29-67-45/h8-15,25,29-31,33,36-37,41,46,62-63H,16-24,26-28,51-52H2,1-7H3,(H,54,57)(H,55,65)(H,56,64)/b39-25-/t31-,37+,41-,46+/m0/s1. The Labute approximate surface area is 399 Å². The van der Waals surface area contributed by atoms with Gasteiger partial charge < -0.3 is 47.4 Å². The number of nitrogens with zero attached hydrogens (tertiary/aromatic N) is 6. The van der Waals surface area contributed by atoms with Crippen molar-refractivity contribution in [1.82, 2.24) is 40.1 Å². The van der Waals surface area contributed by atoms with Gasteiger partial charge >= 0.3 is 0 Å². The van der Waals surface area contributed by atoms with Crippen molar-refractivity contribution >= 4 is 52.3 Å². The monoisotopic (exact) mass is 938 g/mol. The van der Waals surface area contributed by atoms with E-state index in [-0.39, 0.29) is 61.1 Å². The van der Waals surface area contributed by atoms with Gasteiger partial charge in [0.25, 0.3) is 0 Å². The van der Waals surface area contributed by atoms with Crippen LogP contribution >= 0.6 is 11.3 Å². The van der Waals surface area contributed by atoms with Crippen molar-refractivity contribution in [1.29, 1.82) is 0 Å². The second-order valence-electron chi connectivity index (χ2n) is 20.1. The Morgan fingerprint density at radius 1 is 0.955 bits per heavy atom. The maximum atomic E-state index is 14.3. The molecule has 17 heteroatoms. The van der Waals surface area contributed by atoms with Crippen LogP contribution in [0.15, 0.2) is 54.0 Å². The number of anilines is 2. The smallest absolute Gasteiger partial charge is 0.246 e. The SMILES string of the molecule is Cc1ncsc1-c1ccc([C@H](C)NC(=O)[C@@H]2C[C@@H](O)CN2C(=O)[C@@H](NC(=O)CN2CCC(CN3CCC(n4nc(NC(C)C)c(N)c4/C=C(\N)c4ccccc4O)CC3)CC2)C(C)(C)C)cc1. The van der Waals surface area contributed by atoms with Gasteiger partial charge in [0.05, 0.1) is 46.5 Å². The zero-order valence-electron chi connectivity index (χ0n) is 40.2. The molecular weight excluding hydrogens is 867 g/mol. The summed E-state index contributed by atoms with van der Waals surface area (Å²) in [6.07, 6.45) is 4.81. The summed E-state index contributed by atoms with van der Waals surface area (Å²) in [5.41, 5.74) is 19.5. The lowest BCUT2D eigenvalue weighted by atomic mass is 9.85. The van der Waals surface area contributed by atoms with E-state index < -0.39 is 23.6 Å². The van der Waals surface area contributed by atoms with E-state index in [0.717, 1.165) is 85.8 Å². The number of aromatic hydroxyl groups is 1. The van der Waals surface area contributed by atoms with Crippen LogP contribution in [0.2, 0.25) is 0 Å². The number of aromatic nitrogens is 3. The first-order valence-corrected chi connectivity index (χ1v) is 24.7. The Kier molecular flexibility index (Phi) is 15.6. The van der Waals surface area contributed by atoms with Crippen LogP contribution in [0.3, 0.4) is 0 Å². The molecule has 0 radical (unpaired) electrons. The van der Waals surface area contributed by atoms with E-state index >= 15 is 0 Å². The van der Waals surface area contributed by atoms with Crippen LogP contribution < -0.4 is 27.4 Å². The van der Waals surface area contributed by atoms with Crippen molar-refractivity contribution in [2.45, 2.75) is 117 Å². The number of phenolic OH excluding ortho intramolecular Hbond substituents is 1. The van der Waals surface area contributed by atoms with Crippen molar-refractivity contribution < 1.29 is 24.6 Å². The minimum Gasteiger partial charge on any atom is -0.507 e. The van der Waals surface area contributed by atoms with Gasteiger partial charge in [-0.1, -0.05) is 57.2 Å². The summed E-state index contributed by atoms with van der Waals surface area (Å²) in [6.45, 7) is 18.3. The molecule has 362 valence electrons. The molecule has 2 aromatic carbocycles. The first-order valence-electron chi connectivity index (χ1n) is 23.8. The highest BCUT2D eigenvalue weighted by atomic mass is 32.1. The Hall–Kier alpha value is -5.49. The molecule has 7 rings (SSSR count). The molecule has 9 N–H and O–H groups in total. The molecular formula is C50H71N11O5S. The average Bonchev–Trinajstić information content (AvgIpc) is 3.99. The number of aliphatic hydroxyl groups excluding tert-OH is 1. The summed E-state index contributed by atoms with van der Waals surface area (Å²) < 4.78 is 2.00. The van der Waals surface area contributed by atoms with E-state index in [1.165, 1.54) is 4.90 Å². The summed E-state index contributed by atoms with van der Waals surface area (Å²) >= 11 is 1.59. The normalized spacial score (nSPS) is 20.3. The summed E-state index contributed by atoms with van der Waals surface area (Å²) in [5, 5.41) is 35.6. The lowest BCUT2D eigenvalue weighted by Crippen LogP contribution is -2.59. The van der Waals surface area contributed by atoms with Crippen molar-refractivity contribution in [2.75, 3.05) is 56.9 Å². The van der Waals surface area contributed by atoms with Crippen LogP contribution in [-0.2, 0) is 14.4 Å². The Balaban J connectivity index is 0.892. The van der Waals surface area contributed by atoms with Crippen molar-refractivity contribution in [3.05, 3.63) is 76.6 Å². The molecule has 3 aliphatic heterocycles. The fraction of sp³-hybridized carbons (Fsp3) is 0.540. The van der Waals surface area contributed by atoms with E-state index in [2.05, 4.69) is 30.7 Å². The third-order valence-corrected chi connectivity index (χ3v) is 14.4. The van der Waals surface area contributed by atoms with Gasteiger partial charge in [0.1, 0.15) is 23.5 Å². The van der Waals surface area contributed by atoms with Crippen molar-refractivity contribution in [2.24, 2.45) is 17.1 Å². The molecule has 0 unspecified atom stereocenters. The Bertz CT molecular complexity index is 2370. The van der Waals surface area contributed by atoms with E-state index in [9.17, 15) is 24.6 Å². The maximum Gasteiger partial charge on any atom is 0.246 e. The highest BCUT2D eigenvalue weighted by molar-refractivity contribution is 7.13. The fourth-order valence-electron chi connectivity index (χ4n) is 9.67. The first kappa shape index (κ1) is 49.4. The topological polar surface area (TPSA) is 220 Å². The molecule has 5 heterocycles. The number of likely N-dealkylation sites (tertiary alicyclic amines) is 3. The lowest BCUT2D eigenvalue weighted by Gasteiger charge is -2.38. The van der Waals surface area contributed by atoms with Crippen LogP contribution in [0.5, 0.6) is 5.75 Å². The molecule has 0 aliphatic carbocycles. The van der Waals surface area contributed by atoms with E-state index in [1.807, 2.05) is 95.1 Å². The number of thiazole rings is 1. The fourth-order valence-corrected chi connectivity index (χ4v) is 10.5. The van der Waals surface area contributed by atoms with Crippen LogP contribution in [0, 0.1) is 18.3 Å². The van der Waals surface area contributed by atoms with Gasteiger partial charge in [0.15, 0.2) is 5.82 Å². The average molecular weight is 938 g/mol. The number of carbonyl (C=O) groups is 3. The molecule has 0 bridgehead atoms. The van der Waals surface area contributed by atoms with Gasteiger partial charge in [-0.3, -0.25) is 24.0 Å². The quantitative estimate of drug-likeness (QED) is 0.0775. The van der Waals surface area contributed by atoms with E-state index in [1.54, 1.807) is 29.5 Å². The highest BCUT2D eigenvalue weighted by Gasteiger charge is 2.45. The zero-order chi connectivity index (χ0) is 48.2. The molecule has 3 amide bonds. The molecule has 4 aromatic rings. The Morgan fingerprint density at radius 3 is 2.25 bits per heavy atom. The van der Waals surface area contributed by atoms with Crippen LogP contribution in [0.25, 0.3) is 22.2 Å². The Morgan fingerprint density at radius 2 is 1.63 bits per heavy atom. The first-order chi connectivity index (χ1) is 31.9. The number of carbonyl (C=O) groups excluding carboxylic acids is 3. The van der Waals surface area contributed by atoms with Gasteiger partial charge in [-0.2, -0.15) is 5.10 Å². The van der Waals surface area contributed by atoms with Crippen LogP contribution in [0.4, 0.5) is 11.5 Å². The zero-order valence-corrected chi connectivity index (χ0v) is 41.0. The molecule has 4 atom stereocenters. The number of nitrogen functional groups attached to an aromatic ring is 1. The molecule has 2 aromatic heterocycles. The van der Waals surface area contributed by atoms with Gasteiger partial charge in [-0.25, -0.2) is 4.98 Å². The summed E-state index contributed by atoms with van der Waals surface area (Å²) in [6, 6.07) is 13.2. The van der Waals surface area contributed by atoms with Gasteiger partial charge in [-0.15, -0.1) is 11.3 Å². The number of para-hydroxylation sites is 1. The number of hydrogen-bond donors (Lipinski definition) is 7. The lowest BCUT2D eigenvalue weighted by molar-refractivity contribution is -0.144. The molecule has 0 spiro atoms. The second kappa shape index (κ2) is 21.2. The van der Waals surface area contributed by atoms with Crippen LogP contribution in [-0.4, -0.2) is 127 Å². The number of β-amino-alcohol motifs (C(OH)–C–C–N with tert-alkyl or cyclic N) is 1. The number of nitrogens with two attached hydrogens (primary N) is 2. The third-order valence-electron chi connectivity index (χ3n) is 13.5. The molecule has 3 aliphatic rings. The van der Waals surface area contributed by atoms with Gasteiger partial charge in [-0.05, 0) is 107 Å². The summed E-state index contributed by atoms with van der Waals surface area (Å²) in [5.74, 6) is 0.290. The summed E-state index contributed by atoms with van der Waals surface area (Å²) in [7, 11) is 0. The number of aryl methyl sites for hydroxylation is 1. The largest absolute Gasteiger partial charge is 0.507 e. The third kappa shape index (κ3) is 12.0. The van der Waals surface area contributed by atoms with Gasteiger partial charge in [0, 0.05) is 49.9 Å². The minimum absolute atomic E-state index is 0.0187. The summed E-state index contributed by atoms with van der Waals surface area (Å²) in [4.78, 5) is 53.3. The number of nitrogens with one attached hydrogen (secondary N) is 3. The van der Waals surface area contributed by atoms with Crippen molar-refractivity contribution in [3.63, 3.8) is 0 Å². The van der Waals surface area contributed by atoms with E-state index in [0.29, 0.717) is 28.7 Å². The number of aliphatic hydroxyl groups is 1. The molecule has 0 saturated carbocycles. The predicted molar refractivity (Wildman–Crippen MR) is 266 cm³/mol. The maximum absolute atomic E-state index is 14.3. The minimum atomic E-state index is -0.890. The highest BCUT2D eigenvalue weighted by Crippen LogP contribution is 2.35. The number of benzene rings is 2. The molecule has 16 nitrogen and oxygen atoms in total. The number of rotatable bonds is 15. The number of hydrogen-bond acceptors (Lipinski definition) is 13. The second-order valence-corrected chi connectivity index (χ2v) is 21.0. The molecule has 67 heavy (non-hydrogen) atoms. The van der Waals surface area contributed by atoms with Gasteiger partial charge in [0.2, 0.25) is 17.7 Å². The molecule has 3 saturated heterocycles. The van der Waals surface area contributed by atoms with Crippen molar-refractivity contribution in [3.8, 4) is 16.2 Å². The number of piperidine rings is 2. The van der Waals surface area contributed by atoms with Crippen LogP contribution in [0.1, 0.15) is 108 Å². The number of amides is 3. The number of phenols is 1. The molecule has 3 fully saturated rings. The van der Waals surface area contributed by atoms with E-state index in [4.69, 9.17) is 16.6 Å². The predicted octanol–water partition coefficient (Wildman–Crippen LogP) is 5.60.